The zero-order chi connectivity index (χ0) is 15.3. The van der Waals surface area contributed by atoms with Crippen molar-refractivity contribution in [2.45, 2.75) is 45.2 Å². The molecule has 20 heavy (non-hydrogen) atoms. The van der Waals surface area contributed by atoms with Crippen LogP contribution in [0.3, 0.4) is 0 Å². The minimum atomic E-state index is -0.110. The van der Waals surface area contributed by atoms with Crippen LogP contribution in [0.1, 0.15) is 44.7 Å². The second-order valence-corrected chi connectivity index (χ2v) is 5.94. The van der Waals surface area contributed by atoms with Crippen LogP contribution in [-0.2, 0) is 4.79 Å². The average Bonchev–Trinajstić information content (AvgIpc) is 2.37. The molecule has 0 aliphatic rings. The highest BCUT2D eigenvalue weighted by Gasteiger charge is 2.21. The van der Waals surface area contributed by atoms with E-state index in [0.29, 0.717) is 16.5 Å². The molecule has 0 radical (unpaired) electrons. The van der Waals surface area contributed by atoms with Crippen molar-refractivity contribution in [3.8, 4) is 0 Å². The van der Waals surface area contributed by atoms with Gasteiger partial charge in [0.05, 0.1) is 6.04 Å². The van der Waals surface area contributed by atoms with E-state index in [1.807, 2.05) is 13.0 Å². The van der Waals surface area contributed by atoms with Gasteiger partial charge in [-0.05, 0) is 31.0 Å². The van der Waals surface area contributed by atoms with E-state index in [1.54, 1.807) is 24.1 Å². The molecule has 0 saturated carbocycles. The van der Waals surface area contributed by atoms with Crippen LogP contribution < -0.4 is 5.73 Å². The number of nitrogens with two attached hydrogens (primary N) is 1. The van der Waals surface area contributed by atoms with Gasteiger partial charge in [0.15, 0.2) is 0 Å². The van der Waals surface area contributed by atoms with Crippen molar-refractivity contribution in [2.75, 3.05) is 7.05 Å². The Labute approximate surface area is 131 Å². The lowest BCUT2D eigenvalue weighted by Crippen LogP contribution is -2.35. The van der Waals surface area contributed by atoms with E-state index in [-0.39, 0.29) is 18.0 Å². The molecule has 0 aliphatic carbocycles. The zero-order valence-corrected chi connectivity index (χ0v) is 13.7. The molecule has 1 aromatic rings. The third kappa shape index (κ3) is 4.65. The smallest absolute Gasteiger partial charge is 0.224 e. The first-order valence-electron chi connectivity index (χ1n) is 6.83. The van der Waals surface area contributed by atoms with Gasteiger partial charge < -0.3 is 10.6 Å². The predicted molar refractivity (Wildman–Crippen MR) is 85.1 cm³/mol. The van der Waals surface area contributed by atoms with E-state index >= 15 is 0 Å². The Bertz CT molecular complexity index is 465. The third-order valence-corrected chi connectivity index (χ3v) is 4.05. The van der Waals surface area contributed by atoms with Crippen LogP contribution in [0.25, 0.3) is 0 Å². The Morgan fingerprint density at radius 1 is 1.40 bits per heavy atom. The molecule has 1 aromatic carbocycles. The molecule has 0 bridgehead atoms. The summed E-state index contributed by atoms with van der Waals surface area (Å²) in [4.78, 5) is 13.9. The first kappa shape index (κ1) is 17.3. The Kier molecular flexibility index (Phi) is 6.80. The van der Waals surface area contributed by atoms with Crippen LogP contribution in [0.2, 0.25) is 10.0 Å². The Hall–Kier alpha value is -0.770. The van der Waals surface area contributed by atoms with Gasteiger partial charge in [-0.25, -0.2) is 0 Å². The van der Waals surface area contributed by atoms with Crippen molar-refractivity contribution in [3.63, 3.8) is 0 Å². The highest BCUT2D eigenvalue weighted by molar-refractivity contribution is 6.35. The summed E-state index contributed by atoms with van der Waals surface area (Å²) in [6.45, 7) is 4.00. The molecule has 5 heteroatoms. The first-order valence-corrected chi connectivity index (χ1v) is 7.58. The van der Waals surface area contributed by atoms with Crippen LogP contribution in [-0.4, -0.2) is 23.9 Å². The maximum Gasteiger partial charge on any atom is 0.224 e. The SMILES string of the molecule is CCCC(N)CC(=O)N(C)C(C)c1ccc(Cl)cc1Cl. The number of carbonyl (C=O) groups is 1. The Morgan fingerprint density at radius 3 is 2.60 bits per heavy atom. The molecule has 0 saturated heterocycles. The minimum absolute atomic E-state index is 0.0319. The van der Waals surface area contributed by atoms with Crippen LogP contribution in [0.5, 0.6) is 0 Å². The fourth-order valence-electron chi connectivity index (χ4n) is 2.11. The lowest BCUT2D eigenvalue weighted by atomic mass is 10.0. The van der Waals surface area contributed by atoms with E-state index in [2.05, 4.69) is 6.92 Å². The van der Waals surface area contributed by atoms with Gasteiger partial charge in [0.25, 0.3) is 0 Å². The van der Waals surface area contributed by atoms with Crippen molar-refractivity contribution < 1.29 is 4.79 Å². The van der Waals surface area contributed by atoms with Gasteiger partial charge in [-0.2, -0.15) is 0 Å². The number of amides is 1. The molecule has 1 amide bonds. The van der Waals surface area contributed by atoms with Crippen molar-refractivity contribution in [1.82, 2.24) is 4.90 Å². The largest absolute Gasteiger partial charge is 0.339 e. The summed E-state index contributed by atoms with van der Waals surface area (Å²) in [5.74, 6) is 0.0319. The highest BCUT2D eigenvalue weighted by atomic mass is 35.5. The molecule has 0 heterocycles. The Balaban J connectivity index is 2.75. The molecule has 2 unspecified atom stereocenters. The number of halogens is 2. The molecule has 3 nitrogen and oxygen atoms in total. The molecule has 112 valence electrons. The molecule has 0 aliphatic heterocycles. The van der Waals surface area contributed by atoms with Crippen molar-refractivity contribution in [1.29, 1.82) is 0 Å². The van der Waals surface area contributed by atoms with Gasteiger partial charge in [0.1, 0.15) is 0 Å². The standard InChI is InChI=1S/C15H22Cl2N2O/c1-4-5-12(18)9-15(20)19(3)10(2)13-7-6-11(16)8-14(13)17/h6-8,10,12H,4-5,9,18H2,1-3H3. The average molecular weight is 317 g/mol. The fourth-order valence-corrected chi connectivity index (χ4v) is 2.67. The monoisotopic (exact) mass is 316 g/mol. The summed E-state index contributed by atoms with van der Waals surface area (Å²) in [6.07, 6.45) is 2.20. The van der Waals surface area contributed by atoms with Crippen LogP contribution in [0.4, 0.5) is 0 Å². The highest BCUT2D eigenvalue weighted by Crippen LogP contribution is 2.29. The molecule has 0 fully saturated rings. The quantitative estimate of drug-likeness (QED) is 0.861. The van der Waals surface area contributed by atoms with E-state index in [1.165, 1.54) is 0 Å². The number of rotatable bonds is 6. The van der Waals surface area contributed by atoms with E-state index in [9.17, 15) is 4.79 Å². The van der Waals surface area contributed by atoms with Crippen LogP contribution >= 0.6 is 23.2 Å². The minimum Gasteiger partial charge on any atom is -0.339 e. The first-order chi connectivity index (χ1) is 9.36. The number of nitrogens with zero attached hydrogens (tertiary/aromatic N) is 1. The van der Waals surface area contributed by atoms with Crippen molar-refractivity contribution in [2.24, 2.45) is 5.73 Å². The summed E-state index contributed by atoms with van der Waals surface area (Å²) in [5.41, 5.74) is 6.81. The van der Waals surface area contributed by atoms with Gasteiger partial charge >= 0.3 is 0 Å². The summed E-state index contributed by atoms with van der Waals surface area (Å²) in [6, 6.07) is 5.13. The normalized spacial score (nSPS) is 13.9. The lowest BCUT2D eigenvalue weighted by molar-refractivity contribution is -0.132. The van der Waals surface area contributed by atoms with Gasteiger partial charge in [-0.15, -0.1) is 0 Å². The zero-order valence-electron chi connectivity index (χ0n) is 12.2. The number of hydrogen-bond donors (Lipinski definition) is 1. The van der Waals surface area contributed by atoms with Gasteiger partial charge in [0, 0.05) is 29.6 Å². The van der Waals surface area contributed by atoms with E-state index in [0.717, 1.165) is 18.4 Å². The number of benzene rings is 1. The molecular weight excluding hydrogens is 295 g/mol. The molecule has 0 spiro atoms. The topological polar surface area (TPSA) is 46.3 Å². The fraction of sp³-hybridized carbons (Fsp3) is 0.533. The maximum absolute atomic E-state index is 12.2. The van der Waals surface area contributed by atoms with E-state index in [4.69, 9.17) is 28.9 Å². The number of hydrogen-bond acceptors (Lipinski definition) is 2. The molecule has 2 atom stereocenters. The second kappa shape index (κ2) is 7.87. The molecule has 2 N–H and O–H groups in total. The summed E-state index contributed by atoms with van der Waals surface area (Å²) >= 11 is 12.1. The van der Waals surface area contributed by atoms with Gasteiger partial charge in [0.2, 0.25) is 5.91 Å². The number of carbonyl (C=O) groups excluding carboxylic acids is 1. The van der Waals surface area contributed by atoms with Crippen molar-refractivity contribution >= 4 is 29.1 Å². The second-order valence-electron chi connectivity index (χ2n) is 5.10. The van der Waals surface area contributed by atoms with Crippen LogP contribution in [0, 0.1) is 0 Å². The predicted octanol–water partition coefficient (Wildman–Crippen LogP) is 4.03. The molecule has 0 aromatic heterocycles. The van der Waals surface area contributed by atoms with Gasteiger partial charge in [-0.3, -0.25) is 4.79 Å². The third-order valence-electron chi connectivity index (χ3n) is 3.48. The molecular formula is C15H22Cl2N2O. The van der Waals surface area contributed by atoms with E-state index < -0.39 is 0 Å². The van der Waals surface area contributed by atoms with Crippen LogP contribution in [0.15, 0.2) is 18.2 Å². The summed E-state index contributed by atoms with van der Waals surface area (Å²) in [7, 11) is 1.77. The molecule has 1 rings (SSSR count). The summed E-state index contributed by atoms with van der Waals surface area (Å²) < 4.78 is 0. The van der Waals surface area contributed by atoms with Crippen molar-refractivity contribution in [3.05, 3.63) is 33.8 Å². The van der Waals surface area contributed by atoms with Gasteiger partial charge in [-0.1, -0.05) is 42.6 Å². The maximum atomic E-state index is 12.2. The Morgan fingerprint density at radius 2 is 2.05 bits per heavy atom. The lowest BCUT2D eigenvalue weighted by Gasteiger charge is -2.27. The summed E-state index contributed by atoms with van der Waals surface area (Å²) in [5, 5.41) is 1.16.